The van der Waals surface area contributed by atoms with E-state index in [2.05, 4.69) is 28.3 Å². The van der Waals surface area contributed by atoms with Gasteiger partial charge >= 0.3 is 0 Å². The van der Waals surface area contributed by atoms with Gasteiger partial charge in [0.1, 0.15) is 5.75 Å². The summed E-state index contributed by atoms with van der Waals surface area (Å²) < 4.78 is 7.25. The molecule has 1 atom stereocenters. The molecule has 4 rings (SSSR count). The van der Waals surface area contributed by atoms with E-state index in [0.717, 1.165) is 41.1 Å². The molecule has 1 aliphatic heterocycles. The van der Waals surface area contributed by atoms with E-state index in [1.807, 2.05) is 47.3 Å². The molecule has 0 aliphatic carbocycles. The number of likely N-dealkylation sites (tertiary alicyclic amines) is 1. The Balaban J connectivity index is 1.36. The second-order valence-corrected chi connectivity index (χ2v) is 8.58. The zero-order valence-corrected chi connectivity index (χ0v) is 18.5. The molecule has 3 aromatic rings. The van der Waals surface area contributed by atoms with Crippen LogP contribution in [0, 0.1) is 5.92 Å². The van der Waals surface area contributed by atoms with Crippen LogP contribution in [0.3, 0.4) is 0 Å². The summed E-state index contributed by atoms with van der Waals surface area (Å²) in [4.78, 5) is 15.2. The standard InChI is InChI=1S/C25H32N4O2/c1-19-6-4-12-28(17-19)13-5-11-26-25(30)21-9-10-22-16-27-29(24(22)15-21)18-20-7-3-8-23(14-20)31-2/h3,7-10,14-16,19H,4-6,11-13,17-18H2,1-2H3,(H,26,30)/t19-/m1/s1. The molecule has 1 saturated heterocycles. The Kier molecular flexibility index (Phi) is 6.87. The Morgan fingerprint density at radius 2 is 2.16 bits per heavy atom. The van der Waals surface area contributed by atoms with Crippen molar-refractivity contribution in [3.05, 3.63) is 59.8 Å². The number of nitrogens with zero attached hydrogens (tertiary/aromatic N) is 3. The summed E-state index contributed by atoms with van der Waals surface area (Å²) >= 11 is 0. The van der Waals surface area contributed by atoms with Crippen LogP contribution in [-0.4, -0.2) is 53.9 Å². The summed E-state index contributed by atoms with van der Waals surface area (Å²) in [6.07, 6.45) is 5.45. The first kappa shape index (κ1) is 21.4. The third-order valence-corrected chi connectivity index (χ3v) is 6.05. The van der Waals surface area contributed by atoms with Crippen molar-refractivity contribution in [2.75, 3.05) is 33.3 Å². The Bertz CT molecular complexity index is 1030. The molecule has 1 aliphatic rings. The highest BCUT2D eigenvalue weighted by atomic mass is 16.5. The van der Waals surface area contributed by atoms with Crippen molar-refractivity contribution in [1.29, 1.82) is 0 Å². The molecule has 0 radical (unpaired) electrons. The van der Waals surface area contributed by atoms with E-state index in [0.29, 0.717) is 18.7 Å². The topological polar surface area (TPSA) is 59.4 Å². The van der Waals surface area contributed by atoms with E-state index in [1.165, 1.54) is 25.9 Å². The van der Waals surface area contributed by atoms with Crippen LogP contribution in [0.2, 0.25) is 0 Å². The number of nitrogens with one attached hydrogen (secondary N) is 1. The van der Waals surface area contributed by atoms with Crippen molar-refractivity contribution in [3.8, 4) is 5.75 Å². The largest absolute Gasteiger partial charge is 0.497 e. The van der Waals surface area contributed by atoms with Crippen LogP contribution in [-0.2, 0) is 6.54 Å². The summed E-state index contributed by atoms with van der Waals surface area (Å²) in [6.45, 7) is 7.07. The van der Waals surface area contributed by atoms with Gasteiger partial charge in [0, 0.05) is 24.0 Å². The summed E-state index contributed by atoms with van der Waals surface area (Å²) in [5.74, 6) is 1.59. The molecule has 6 heteroatoms. The fraction of sp³-hybridized carbons (Fsp3) is 0.440. The highest BCUT2D eigenvalue weighted by Crippen LogP contribution is 2.19. The third kappa shape index (κ3) is 5.44. The fourth-order valence-electron chi connectivity index (χ4n) is 4.38. The average molecular weight is 421 g/mol. The van der Waals surface area contributed by atoms with E-state index < -0.39 is 0 Å². The van der Waals surface area contributed by atoms with Crippen LogP contribution in [0.1, 0.15) is 42.1 Å². The Morgan fingerprint density at radius 3 is 3.00 bits per heavy atom. The number of benzene rings is 2. The van der Waals surface area contributed by atoms with E-state index in [1.54, 1.807) is 7.11 Å². The van der Waals surface area contributed by atoms with Gasteiger partial charge in [-0.05, 0) is 68.1 Å². The molecular formula is C25H32N4O2. The molecule has 0 spiro atoms. The third-order valence-electron chi connectivity index (χ3n) is 6.05. The molecule has 6 nitrogen and oxygen atoms in total. The van der Waals surface area contributed by atoms with Crippen LogP contribution in [0.5, 0.6) is 5.75 Å². The second kappa shape index (κ2) is 9.96. The highest BCUT2D eigenvalue weighted by molar-refractivity contribution is 5.97. The van der Waals surface area contributed by atoms with E-state index in [4.69, 9.17) is 4.74 Å². The monoisotopic (exact) mass is 420 g/mol. The lowest BCUT2D eigenvalue weighted by Crippen LogP contribution is -2.36. The van der Waals surface area contributed by atoms with Crippen molar-refractivity contribution < 1.29 is 9.53 Å². The smallest absolute Gasteiger partial charge is 0.251 e. The predicted octanol–water partition coefficient (Wildman–Crippen LogP) is 3.95. The lowest BCUT2D eigenvalue weighted by Gasteiger charge is -2.30. The van der Waals surface area contributed by atoms with Gasteiger partial charge in [0.2, 0.25) is 0 Å². The van der Waals surface area contributed by atoms with Gasteiger partial charge in [-0.25, -0.2) is 0 Å². The molecule has 1 N–H and O–H groups in total. The Hall–Kier alpha value is -2.86. The first-order valence-electron chi connectivity index (χ1n) is 11.2. The van der Waals surface area contributed by atoms with Crippen molar-refractivity contribution in [1.82, 2.24) is 20.0 Å². The number of carbonyl (C=O) groups is 1. The maximum Gasteiger partial charge on any atom is 0.251 e. The number of hydrogen-bond donors (Lipinski definition) is 1. The van der Waals surface area contributed by atoms with Crippen molar-refractivity contribution in [2.24, 2.45) is 5.92 Å². The summed E-state index contributed by atoms with van der Waals surface area (Å²) in [7, 11) is 1.67. The fourth-order valence-corrected chi connectivity index (χ4v) is 4.38. The zero-order chi connectivity index (χ0) is 21.6. The van der Waals surface area contributed by atoms with Gasteiger partial charge < -0.3 is 15.0 Å². The lowest BCUT2D eigenvalue weighted by atomic mass is 10.0. The number of fused-ring (bicyclic) bond motifs is 1. The van der Waals surface area contributed by atoms with Crippen molar-refractivity contribution in [3.63, 3.8) is 0 Å². The van der Waals surface area contributed by atoms with Gasteiger partial charge in [-0.2, -0.15) is 5.10 Å². The highest BCUT2D eigenvalue weighted by Gasteiger charge is 2.15. The SMILES string of the molecule is COc1cccc(Cn2ncc3ccc(C(=O)NCCCN4CCC[C@@H](C)C4)cc32)c1. The van der Waals surface area contributed by atoms with E-state index >= 15 is 0 Å². The van der Waals surface area contributed by atoms with Gasteiger partial charge in [-0.1, -0.05) is 25.1 Å². The van der Waals surface area contributed by atoms with Crippen molar-refractivity contribution >= 4 is 16.8 Å². The van der Waals surface area contributed by atoms with Gasteiger partial charge in [-0.15, -0.1) is 0 Å². The van der Waals surface area contributed by atoms with Crippen molar-refractivity contribution in [2.45, 2.75) is 32.7 Å². The summed E-state index contributed by atoms with van der Waals surface area (Å²) in [5, 5.41) is 8.62. The number of rotatable bonds is 8. The van der Waals surface area contributed by atoms with Crippen LogP contribution >= 0.6 is 0 Å². The van der Waals surface area contributed by atoms with E-state index in [-0.39, 0.29) is 5.91 Å². The van der Waals surface area contributed by atoms with Gasteiger partial charge in [0.25, 0.3) is 5.91 Å². The van der Waals surface area contributed by atoms with Crippen LogP contribution in [0.4, 0.5) is 0 Å². The van der Waals surface area contributed by atoms with Gasteiger partial charge in [-0.3, -0.25) is 9.48 Å². The molecule has 31 heavy (non-hydrogen) atoms. The second-order valence-electron chi connectivity index (χ2n) is 8.58. The first-order valence-corrected chi connectivity index (χ1v) is 11.2. The normalized spacial score (nSPS) is 17.0. The number of piperidine rings is 1. The minimum atomic E-state index is -0.0250. The molecule has 1 fully saturated rings. The maximum atomic E-state index is 12.7. The molecule has 0 saturated carbocycles. The molecule has 2 heterocycles. The van der Waals surface area contributed by atoms with Gasteiger partial charge in [0.15, 0.2) is 0 Å². The van der Waals surface area contributed by atoms with Crippen LogP contribution in [0.15, 0.2) is 48.7 Å². The number of amides is 1. The zero-order valence-electron chi connectivity index (χ0n) is 18.5. The van der Waals surface area contributed by atoms with Crippen LogP contribution in [0.25, 0.3) is 10.9 Å². The molecule has 0 unspecified atom stereocenters. The molecule has 1 aromatic heterocycles. The van der Waals surface area contributed by atoms with Crippen LogP contribution < -0.4 is 10.1 Å². The maximum absolute atomic E-state index is 12.7. The summed E-state index contributed by atoms with van der Waals surface area (Å²) in [5.41, 5.74) is 2.73. The number of hydrogen-bond acceptors (Lipinski definition) is 4. The predicted molar refractivity (Wildman–Crippen MR) is 124 cm³/mol. The Labute approximate surface area is 184 Å². The molecule has 1 amide bonds. The molecule has 2 aromatic carbocycles. The minimum Gasteiger partial charge on any atom is -0.497 e. The number of carbonyl (C=O) groups excluding carboxylic acids is 1. The van der Waals surface area contributed by atoms with Gasteiger partial charge in [0.05, 0.1) is 25.4 Å². The number of methoxy groups -OCH3 is 1. The molecule has 0 bridgehead atoms. The molecule has 164 valence electrons. The number of ether oxygens (including phenoxy) is 1. The summed E-state index contributed by atoms with van der Waals surface area (Å²) in [6, 6.07) is 13.7. The first-order chi connectivity index (χ1) is 15.1. The average Bonchev–Trinajstić information content (AvgIpc) is 3.18. The minimum absolute atomic E-state index is 0.0250. The van der Waals surface area contributed by atoms with E-state index in [9.17, 15) is 4.79 Å². The molecular weight excluding hydrogens is 388 g/mol. The quantitative estimate of drug-likeness (QED) is 0.561. The number of aromatic nitrogens is 2. The lowest BCUT2D eigenvalue weighted by molar-refractivity contribution is 0.0950. The Morgan fingerprint density at radius 1 is 1.26 bits per heavy atom.